The third-order valence-electron chi connectivity index (χ3n) is 3.14. The number of Topliss-reactive ketones (excluding diaryl/α,β-unsaturated/α-hetero) is 2. The molecule has 0 saturated heterocycles. The van der Waals surface area contributed by atoms with Gasteiger partial charge in [-0.3, -0.25) is 9.59 Å². The SMILES string of the molecule is O=C1C2=C(CC=CC2)C(=O)c2ccccc21. The predicted octanol–water partition coefficient (Wildman–Crippen LogP) is 2.71. The van der Waals surface area contributed by atoms with E-state index in [0.717, 1.165) is 0 Å². The minimum atomic E-state index is 0.0227. The zero-order valence-corrected chi connectivity index (χ0v) is 8.69. The lowest BCUT2D eigenvalue weighted by molar-refractivity contribution is 0.0970. The first-order chi connectivity index (χ1) is 7.79. The van der Waals surface area contributed by atoms with Crippen molar-refractivity contribution in [2.75, 3.05) is 0 Å². The third-order valence-corrected chi connectivity index (χ3v) is 3.14. The highest BCUT2D eigenvalue weighted by Crippen LogP contribution is 2.32. The number of benzene rings is 1. The van der Waals surface area contributed by atoms with Crippen molar-refractivity contribution in [2.24, 2.45) is 0 Å². The van der Waals surface area contributed by atoms with E-state index < -0.39 is 0 Å². The highest BCUT2D eigenvalue weighted by molar-refractivity contribution is 6.27. The number of hydrogen-bond acceptors (Lipinski definition) is 2. The molecule has 16 heavy (non-hydrogen) atoms. The van der Waals surface area contributed by atoms with Crippen LogP contribution in [0.1, 0.15) is 33.6 Å². The first-order valence-electron chi connectivity index (χ1n) is 5.34. The number of carbonyl (C=O) groups is 2. The number of hydrogen-bond donors (Lipinski definition) is 0. The average Bonchev–Trinajstić information content (AvgIpc) is 2.36. The van der Waals surface area contributed by atoms with Crippen molar-refractivity contribution in [3.05, 3.63) is 58.7 Å². The van der Waals surface area contributed by atoms with Gasteiger partial charge in [0.15, 0.2) is 11.6 Å². The van der Waals surface area contributed by atoms with Crippen LogP contribution < -0.4 is 0 Å². The third kappa shape index (κ3) is 1.13. The maximum atomic E-state index is 12.2. The van der Waals surface area contributed by atoms with Crippen LogP contribution in [0.4, 0.5) is 0 Å². The summed E-state index contributed by atoms with van der Waals surface area (Å²) in [5.41, 5.74) is 2.49. The van der Waals surface area contributed by atoms with Crippen LogP contribution in [0, 0.1) is 0 Å². The van der Waals surface area contributed by atoms with Crippen LogP contribution >= 0.6 is 0 Å². The highest BCUT2D eigenvalue weighted by atomic mass is 16.1. The molecule has 0 aromatic heterocycles. The van der Waals surface area contributed by atoms with Gasteiger partial charge in [-0.15, -0.1) is 0 Å². The lowest BCUT2D eigenvalue weighted by Gasteiger charge is -2.21. The second-order valence-corrected chi connectivity index (χ2v) is 4.04. The number of allylic oxidation sites excluding steroid dienone is 4. The molecule has 2 aliphatic carbocycles. The van der Waals surface area contributed by atoms with Gasteiger partial charge in [0, 0.05) is 22.3 Å². The molecular formula is C14H10O2. The Morgan fingerprint density at radius 2 is 1.19 bits per heavy atom. The van der Waals surface area contributed by atoms with Gasteiger partial charge in [-0.05, 0) is 12.8 Å². The first-order valence-corrected chi connectivity index (χ1v) is 5.34. The van der Waals surface area contributed by atoms with E-state index in [1.54, 1.807) is 24.3 Å². The summed E-state index contributed by atoms with van der Waals surface area (Å²) in [6.07, 6.45) is 5.10. The van der Waals surface area contributed by atoms with Crippen LogP contribution in [0.3, 0.4) is 0 Å². The molecule has 2 heteroatoms. The first kappa shape index (κ1) is 9.28. The van der Waals surface area contributed by atoms with Crippen molar-refractivity contribution in [1.29, 1.82) is 0 Å². The molecule has 0 atom stereocenters. The largest absolute Gasteiger partial charge is 0.289 e. The summed E-state index contributed by atoms with van der Waals surface area (Å²) in [7, 11) is 0. The molecule has 0 bridgehead atoms. The second kappa shape index (κ2) is 3.27. The monoisotopic (exact) mass is 210 g/mol. The van der Waals surface area contributed by atoms with Crippen LogP contribution in [-0.2, 0) is 0 Å². The predicted molar refractivity (Wildman–Crippen MR) is 60.5 cm³/mol. The molecule has 2 aliphatic rings. The number of fused-ring (bicyclic) bond motifs is 1. The van der Waals surface area contributed by atoms with Crippen LogP contribution in [0.2, 0.25) is 0 Å². The fraction of sp³-hybridized carbons (Fsp3) is 0.143. The molecule has 2 nitrogen and oxygen atoms in total. The Labute approximate surface area is 93.3 Å². The number of rotatable bonds is 0. The average molecular weight is 210 g/mol. The summed E-state index contributed by atoms with van der Waals surface area (Å²) < 4.78 is 0. The maximum absolute atomic E-state index is 12.2. The van der Waals surface area contributed by atoms with Crippen LogP contribution in [0.5, 0.6) is 0 Å². The molecule has 78 valence electrons. The molecule has 0 spiro atoms. The molecule has 0 saturated carbocycles. The van der Waals surface area contributed by atoms with E-state index in [-0.39, 0.29) is 11.6 Å². The summed E-state index contributed by atoms with van der Waals surface area (Å²) in [6.45, 7) is 0. The van der Waals surface area contributed by atoms with E-state index >= 15 is 0 Å². The molecule has 0 fully saturated rings. The molecule has 0 heterocycles. The van der Waals surface area contributed by atoms with Gasteiger partial charge in [-0.2, -0.15) is 0 Å². The summed E-state index contributed by atoms with van der Waals surface area (Å²) in [5.74, 6) is 0.0455. The molecule has 0 radical (unpaired) electrons. The minimum absolute atomic E-state index is 0.0227. The van der Waals surface area contributed by atoms with E-state index in [4.69, 9.17) is 0 Å². The lowest BCUT2D eigenvalue weighted by atomic mass is 9.80. The molecule has 0 N–H and O–H groups in total. The Bertz CT molecular complexity index is 513. The fourth-order valence-electron chi connectivity index (χ4n) is 2.31. The van der Waals surface area contributed by atoms with Crippen LogP contribution in [-0.4, -0.2) is 11.6 Å². The Kier molecular flexibility index (Phi) is 1.90. The Hall–Kier alpha value is -1.96. The van der Waals surface area contributed by atoms with Gasteiger partial charge < -0.3 is 0 Å². The Morgan fingerprint density at radius 1 is 0.750 bits per heavy atom. The fourth-order valence-corrected chi connectivity index (χ4v) is 2.31. The van der Waals surface area contributed by atoms with Crippen molar-refractivity contribution < 1.29 is 9.59 Å². The number of ketones is 2. The molecule has 1 aromatic rings. The lowest BCUT2D eigenvalue weighted by Crippen LogP contribution is -2.22. The molecular weight excluding hydrogens is 200 g/mol. The van der Waals surface area contributed by atoms with E-state index in [2.05, 4.69) is 0 Å². The van der Waals surface area contributed by atoms with Crippen molar-refractivity contribution in [1.82, 2.24) is 0 Å². The Balaban J connectivity index is 2.23. The van der Waals surface area contributed by atoms with Crippen molar-refractivity contribution in [3.8, 4) is 0 Å². The van der Waals surface area contributed by atoms with Crippen molar-refractivity contribution in [3.63, 3.8) is 0 Å². The minimum Gasteiger partial charge on any atom is -0.289 e. The number of carbonyl (C=O) groups excluding carboxylic acids is 2. The maximum Gasteiger partial charge on any atom is 0.190 e. The van der Waals surface area contributed by atoms with Crippen LogP contribution in [0.15, 0.2) is 47.6 Å². The van der Waals surface area contributed by atoms with E-state index in [1.807, 2.05) is 12.2 Å². The summed E-state index contributed by atoms with van der Waals surface area (Å²) >= 11 is 0. The topological polar surface area (TPSA) is 34.1 Å². The molecule has 3 rings (SSSR count). The molecule has 0 unspecified atom stereocenters. The molecule has 0 aliphatic heterocycles. The van der Waals surface area contributed by atoms with Crippen LogP contribution in [0.25, 0.3) is 0 Å². The smallest absolute Gasteiger partial charge is 0.190 e. The highest BCUT2D eigenvalue weighted by Gasteiger charge is 2.31. The summed E-state index contributed by atoms with van der Waals surface area (Å²) in [4.78, 5) is 24.3. The van der Waals surface area contributed by atoms with Gasteiger partial charge in [0.2, 0.25) is 0 Å². The van der Waals surface area contributed by atoms with Gasteiger partial charge >= 0.3 is 0 Å². The van der Waals surface area contributed by atoms with Gasteiger partial charge in [0.05, 0.1) is 0 Å². The standard InChI is InChI=1S/C14H10O2/c15-13-9-5-1-2-6-10(9)14(16)12-8-4-3-7-11(12)13/h1-6H,7-8H2. The summed E-state index contributed by atoms with van der Waals surface area (Å²) in [6, 6.07) is 7.07. The van der Waals surface area contributed by atoms with Gasteiger partial charge in [0.25, 0.3) is 0 Å². The Morgan fingerprint density at radius 3 is 1.62 bits per heavy atom. The van der Waals surface area contributed by atoms with E-state index in [0.29, 0.717) is 35.1 Å². The quantitative estimate of drug-likeness (QED) is 0.617. The van der Waals surface area contributed by atoms with Crippen molar-refractivity contribution in [2.45, 2.75) is 12.8 Å². The van der Waals surface area contributed by atoms with E-state index in [9.17, 15) is 9.59 Å². The van der Waals surface area contributed by atoms with Gasteiger partial charge in [-0.1, -0.05) is 36.4 Å². The molecule has 0 amide bonds. The van der Waals surface area contributed by atoms with Gasteiger partial charge in [0.1, 0.15) is 0 Å². The van der Waals surface area contributed by atoms with Crippen molar-refractivity contribution >= 4 is 11.6 Å². The zero-order chi connectivity index (χ0) is 11.1. The normalized spacial score (nSPS) is 18.5. The van der Waals surface area contributed by atoms with Gasteiger partial charge in [-0.25, -0.2) is 0 Å². The zero-order valence-electron chi connectivity index (χ0n) is 8.69. The molecule has 1 aromatic carbocycles. The van der Waals surface area contributed by atoms with E-state index in [1.165, 1.54) is 0 Å². The second-order valence-electron chi connectivity index (χ2n) is 4.04. The summed E-state index contributed by atoms with van der Waals surface area (Å²) in [5, 5.41) is 0.